The van der Waals surface area contributed by atoms with Crippen molar-refractivity contribution in [2.45, 2.75) is 13.2 Å². The van der Waals surface area contributed by atoms with E-state index in [1.165, 1.54) is 0 Å². The highest BCUT2D eigenvalue weighted by atomic mass is 16.5. The molecule has 0 aliphatic carbocycles. The Hall–Kier alpha value is -2.13. The molecule has 1 N–H and O–H groups in total. The van der Waals surface area contributed by atoms with Crippen molar-refractivity contribution in [3.8, 4) is 0 Å². The van der Waals surface area contributed by atoms with Crippen LogP contribution in [0.15, 0.2) is 54.6 Å². The van der Waals surface area contributed by atoms with Gasteiger partial charge >= 0.3 is 5.97 Å². The molecule has 0 saturated carbocycles. The Morgan fingerprint density at radius 2 is 1.61 bits per heavy atom. The van der Waals surface area contributed by atoms with Crippen LogP contribution in [-0.4, -0.2) is 11.1 Å². The maximum Gasteiger partial charge on any atom is 0.335 e. The number of benzene rings is 2. The second-order valence-electron chi connectivity index (χ2n) is 3.98. The van der Waals surface area contributed by atoms with Crippen molar-refractivity contribution in [3.05, 3.63) is 71.3 Å². The van der Waals surface area contributed by atoms with Crippen molar-refractivity contribution in [2.75, 3.05) is 0 Å². The van der Waals surface area contributed by atoms with Crippen LogP contribution in [0.1, 0.15) is 21.5 Å². The summed E-state index contributed by atoms with van der Waals surface area (Å²) in [6.07, 6.45) is 0. The van der Waals surface area contributed by atoms with Crippen molar-refractivity contribution in [2.24, 2.45) is 0 Å². The highest BCUT2D eigenvalue weighted by Crippen LogP contribution is 2.08. The van der Waals surface area contributed by atoms with E-state index in [9.17, 15) is 4.79 Å². The van der Waals surface area contributed by atoms with Gasteiger partial charge in [0.05, 0.1) is 18.8 Å². The van der Waals surface area contributed by atoms with Crippen LogP contribution in [0.5, 0.6) is 0 Å². The van der Waals surface area contributed by atoms with E-state index in [0.717, 1.165) is 11.1 Å². The minimum absolute atomic E-state index is 0.288. The van der Waals surface area contributed by atoms with E-state index in [-0.39, 0.29) is 5.56 Å². The van der Waals surface area contributed by atoms with Crippen LogP contribution in [-0.2, 0) is 18.0 Å². The topological polar surface area (TPSA) is 46.5 Å². The Bertz CT molecular complexity index is 520. The summed E-state index contributed by atoms with van der Waals surface area (Å²) >= 11 is 0. The molecule has 0 aliphatic rings. The minimum atomic E-state index is -0.917. The summed E-state index contributed by atoms with van der Waals surface area (Å²) in [4.78, 5) is 10.8. The molecule has 0 aromatic heterocycles. The predicted molar refractivity (Wildman–Crippen MR) is 68.3 cm³/mol. The molecule has 2 rings (SSSR count). The van der Waals surface area contributed by atoms with Crippen molar-refractivity contribution >= 4 is 5.97 Å². The maximum absolute atomic E-state index is 10.8. The maximum atomic E-state index is 10.8. The van der Waals surface area contributed by atoms with E-state index in [1.54, 1.807) is 18.2 Å². The zero-order valence-corrected chi connectivity index (χ0v) is 9.87. The standard InChI is InChI=1S/C15H14O3/c16-15(17)14-8-4-7-13(9-14)11-18-10-12-5-2-1-3-6-12/h1-9H,10-11H2,(H,16,17). The van der Waals surface area contributed by atoms with E-state index in [2.05, 4.69) is 0 Å². The molecule has 2 aromatic rings. The van der Waals surface area contributed by atoms with Crippen molar-refractivity contribution in [3.63, 3.8) is 0 Å². The molecule has 3 nitrogen and oxygen atoms in total. The monoisotopic (exact) mass is 242 g/mol. The Kier molecular flexibility index (Phi) is 4.10. The SMILES string of the molecule is O=C(O)c1cccc(COCc2ccccc2)c1. The number of carboxylic acid groups (broad SMARTS) is 1. The molecule has 0 aliphatic heterocycles. The lowest BCUT2D eigenvalue weighted by atomic mass is 10.1. The molecule has 2 aromatic carbocycles. The number of carboxylic acids is 1. The zero-order valence-electron chi connectivity index (χ0n) is 9.87. The highest BCUT2D eigenvalue weighted by molar-refractivity contribution is 5.87. The molecular weight excluding hydrogens is 228 g/mol. The number of aromatic carboxylic acids is 1. The largest absolute Gasteiger partial charge is 0.478 e. The van der Waals surface area contributed by atoms with Gasteiger partial charge in [-0.1, -0.05) is 42.5 Å². The van der Waals surface area contributed by atoms with Gasteiger partial charge in [0.25, 0.3) is 0 Å². The van der Waals surface area contributed by atoms with Gasteiger partial charge in [0.2, 0.25) is 0 Å². The van der Waals surface area contributed by atoms with Crippen LogP contribution in [0.4, 0.5) is 0 Å². The van der Waals surface area contributed by atoms with Crippen LogP contribution in [0, 0.1) is 0 Å². The average molecular weight is 242 g/mol. The summed E-state index contributed by atoms with van der Waals surface area (Å²) in [5.41, 5.74) is 2.26. The number of carbonyl (C=O) groups is 1. The molecule has 0 saturated heterocycles. The van der Waals surface area contributed by atoms with Gasteiger partial charge in [-0.3, -0.25) is 0 Å². The van der Waals surface area contributed by atoms with Gasteiger partial charge in [-0.05, 0) is 23.3 Å². The first-order valence-corrected chi connectivity index (χ1v) is 5.69. The van der Waals surface area contributed by atoms with Crippen LogP contribution in [0.25, 0.3) is 0 Å². The highest BCUT2D eigenvalue weighted by Gasteiger charge is 2.03. The minimum Gasteiger partial charge on any atom is -0.478 e. The molecule has 92 valence electrons. The lowest BCUT2D eigenvalue weighted by Crippen LogP contribution is -1.99. The molecule has 0 radical (unpaired) electrons. The van der Waals surface area contributed by atoms with Crippen molar-refractivity contribution < 1.29 is 14.6 Å². The third-order valence-electron chi connectivity index (χ3n) is 2.55. The molecule has 0 heterocycles. The molecule has 18 heavy (non-hydrogen) atoms. The molecule has 0 atom stereocenters. The van der Waals surface area contributed by atoms with E-state index < -0.39 is 5.97 Å². The quantitative estimate of drug-likeness (QED) is 0.876. The van der Waals surface area contributed by atoms with E-state index in [0.29, 0.717) is 13.2 Å². The first-order chi connectivity index (χ1) is 8.75. The fraction of sp³-hybridized carbons (Fsp3) is 0.133. The van der Waals surface area contributed by atoms with Gasteiger partial charge in [-0.15, -0.1) is 0 Å². The second kappa shape index (κ2) is 5.98. The van der Waals surface area contributed by atoms with Gasteiger partial charge in [0.15, 0.2) is 0 Å². The normalized spacial score (nSPS) is 10.2. The fourth-order valence-corrected chi connectivity index (χ4v) is 1.66. The van der Waals surface area contributed by atoms with E-state index >= 15 is 0 Å². The Balaban J connectivity index is 1.90. The molecule has 3 heteroatoms. The molecule has 0 amide bonds. The first kappa shape index (κ1) is 12.3. The third-order valence-corrected chi connectivity index (χ3v) is 2.55. The van der Waals surface area contributed by atoms with E-state index in [4.69, 9.17) is 9.84 Å². The van der Waals surface area contributed by atoms with Crippen LogP contribution in [0.3, 0.4) is 0 Å². The summed E-state index contributed by atoms with van der Waals surface area (Å²) in [5.74, 6) is -0.917. The summed E-state index contributed by atoms with van der Waals surface area (Å²) in [5, 5.41) is 8.87. The van der Waals surface area contributed by atoms with Gasteiger partial charge in [-0.2, -0.15) is 0 Å². The van der Waals surface area contributed by atoms with Gasteiger partial charge in [0, 0.05) is 0 Å². The number of hydrogen-bond donors (Lipinski definition) is 1. The van der Waals surface area contributed by atoms with Gasteiger partial charge < -0.3 is 9.84 Å². The lowest BCUT2D eigenvalue weighted by molar-refractivity contribution is 0.0696. The van der Waals surface area contributed by atoms with Crippen LogP contribution < -0.4 is 0 Å². The van der Waals surface area contributed by atoms with Gasteiger partial charge in [-0.25, -0.2) is 4.79 Å². The fourth-order valence-electron chi connectivity index (χ4n) is 1.66. The third kappa shape index (κ3) is 3.43. The molecule has 0 spiro atoms. The van der Waals surface area contributed by atoms with Gasteiger partial charge in [0.1, 0.15) is 0 Å². The molecule has 0 fully saturated rings. The van der Waals surface area contributed by atoms with Crippen molar-refractivity contribution in [1.29, 1.82) is 0 Å². The second-order valence-corrected chi connectivity index (χ2v) is 3.98. The van der Waals surface area contributed by atoms with Crippen LogP contribution >= 0.6 is 0 Å². The Morgan fingerprint density at radius 3 is 2.33 bits per heavy atom. The lowest BCUT2D eigenvalue weighted by Gasteiger charge is -2.05. The molecule has 0 bridgehead atoms. The van der Waals surface area contributed by atoms with Crippen molar-refractivity contribution in [1.82, 2.24) is 0 Å². The zero-order chi connectivity index (χ0) is 12.8. The summed E-state index contributed by atoms with van der Waals surface area (Å²) in [6.45, 7) is 0.939. The first-order valence-electron chi connectivity index (χ1n) is 5.69. The predicted octanol–water partition coefficient (Wildman–Crippen LogP) is 3.10. The molecule has 0 unspecified atom stereocenters. The summed E-state index contributed by atoms with van der Waals surface area (Å²) in [6, 6.07) is 16.7. The number of ether oxygens (including phenoxy) is 1. The smallest absolute Gasteiger partial charge is 0.335 e. The Labute approximate surface area is 106 Å². The number of hydrogen-bond acceptors (Lipinski definition) is 2. The average Bonchev–Trinajstić information content (AvgIpc) is 2.40. The number of rotatable bonds is 5. The Morgan fingerprint density at radius 1 is 0.944 bits per heavy atom. The summed E-state index contributed by atoms with van der Waals surface area (Å²) < 4.78 is 5.55. The summed E-state index contributed by atoms with van der Waals surface area (Å²) in [7, 11) is 0. The van der Waals surface area contributed by atoms with Crippen LogP contribution in [0.2, 0.25) is 0 Å². The molecular formula is C15H14O3. The van der Waals surface area contributed by atoms with E-state index in [1.807, 2.05) is 36.4 Å².